The van der Waals surface area contributed by atoms with Gasteiger partial charge in [-0.15, -0.1) is 11.7 Å². The summed E-state index contributed by atoms with van der Waals surface area (Å²) in [6.07, 6.45) is 1.89. The van der Waals surface area contributed by atoms with Crippen LogP contribution in [0.3, 0.4) is 0 Å². The summed E-state index contributed by atoms with van der Waals surface area (Å²) in [6, 6.07) is 0. The van der Waals surface area contributed by atoms with Crippen LogP contribution in [-0.4, -0.2) is 71.1 Å². The molecule has 1 atom stereocenters. The smallest absolute Gasteiger partial charge is 0.248 e. The first-order chi connectivity index (χ1) is 10.6. The van der Waals surface area contributed by atoms with E-state index in [0.717, 1.165) is 37.6 Å². The van der Waals surface area contributed by atoms with Crippen LogP contribution in [0.15, 0.2) is 12.7 Å². The molecule has 0 aliphatic carbocycles. The van der Waals surface area contributed by atoms with Crippen LogP contribution in [0.2, 0.25) is 0 Å². The molecular weight excluding hydrogens is 282 g/mol. The van der Waals surface area contributed by atoms with E-state index >= 15 is 0 Å². The molecule has 0 unspecified atom stereocenters. The second-order valence-corrected chi connectivity index (χ2v) is 5.72. The molecule has 0 saturated carbocycles. The molecule has 0 fully saturated rings. The van der Waals surface area contributed by atoms with Gasteiger partial charge in [0.15, 0.2) is 0 Å². The van der Waals surface area contributed by atoms with Crippen molar-refractivity contribution in [3.8, 4) is 0 Å². The van der Waals surface area contributed by atoms with E-state index in [0.29, 0.717) is 6.61 Å². The Balaban J connectivity index is 2.06. The molecule has 1 amide bonds. The Morgan fingerprint density at radius 2 is 2.32 bits per heavy atom. The molecule has 1 aliphatic heterocycles. The molecule has 2 heterocycles. The van der Waals surface area contributed by atoms with Gasteiger partial charge in [-0.05, 0) is 6.92 Å². The molecule has 1 aromatic heterocycles. The van der Waals surface area contributed by atoms with Crippen LogP contribution >= 0.6 is 0 Å². The zero-order valence-electron chi connectivity index (χ0n) is 13.7. The topological polar surface area (TPSA) is 63.5 Å². The summed E-state index contributed by atoms with van der Waals surface area (Å²) in [7, 11) is 3.46. The predicted molar refractivity (Wildman–Crippen MR) is 83.4 cm³/mol. The van der Waals surface area contributed by atoms with Crippen molar-refractivity contribution in [3.63, 3.8) is 0 Å². The van der Waals surface area contributed by atoms with Crippen LogP contribution in [0.25, 0.3) is 0 Å². The van der Waals surface area contributed by atoms with Gasteiger partial charge < -0.3 is 9.64 Å². The molecule has 7 nitrogen and oxygen atoms in total. The number of amides is 1. The average molecular weight is 307 g/mol. The van der Waals surface area contributed by atoms with Gasteiger partial charge >= 0.3 is 0 Å². The van der Waals surface area contributed by atoms with Crippen LogP contribution < -0.4 is 0 Å². The molecule has 1 aliphatic rings. The number of likely N-dealkylation sites (N-methyl/N-ethyl adjacent to an activating group) is 1. The van der Waals surface area contributed by atoms with Gasteiger partial charge in [0.2, 0.25) is 5.91 Å². The minimum absolute atomic E-state index is 0.0268. The lowest BCUT2D eigenvalue weighted by Crippen LogP contribution is -2.37. The maximum Gasteiger partial charge on any atom is 0.248 e. The third-order valence-corrected chi connectivity index (χ3v) is 3.82. The fourth-order valence-corrected chi connectivity index (χ4v) is 2.69. The van der Waals surface area contributed by atoms with Gasteiger partial charge in [-0.2, -0.15) is 0 Å². The van der Waals surface area contributed by atoms with E-state index in [1.165, 1.54) is 4.90 Å². The number of nitrogens with zero attached hydrogens (tertiary/aromatic N) is 5. The second kappa shape index (κ2) is 7.51. The first-order valence-electron chi connectivity index (χ1n) is 7.60. The second-order valence-electron chi connectivity index (χ2n) is 5.72. The third kappa shape index (κ3) is 3.72. The summed E-state index contributed by atoms with van der Waals surface area (Å²) in [4.78, 5) is 15.4. The van der Waals surface area contributed by atoms with E-state index < -0.39 is 0 Å². The van der Waals surface area contributed by atoms with Crippen LogP contribution in [-0.2, 0) is 22.6 Å². The molecular formula is C15H25N5O2. The molecule has 2 rings (SSSR count). The molecule has 22 heavy (non-hydrogen) atoms. The molecule has 0 saturated heterocycles. The lowest BCUT2D eigenvalue weighted by atomic mass is 9.99. The van der Waals surface area contributed by atoms with Crippen LogP contribution in [0.5, 0.6) is 0 Å². The maximum atomic E-state index is 11.6. The largest absolute Gasteiger partial charge is 0.371 e. The fraction of sp³-hybridized carbons (Fsp3) is 0.667. The molecule has 0 aromatic carbocycles. The highest BCUT2D eigenvalue weighted by atomic mass is 16.5. The summed E-state index contributed by atoms with van der Waals surface area (Å²) < 4.78 is 7.57. The number of aromatic nitrogens is 3. The minimum atomic E-state index is -0.0268. The van der Waals surface area contributed by atoms with Crippen molar-refractivity contribution in [2.24, 2.45) is 0 Å². The Labute approximate surface area is 131 Å². The van der Waals surface area contributed by atoms with Crippen LogP contribution in [0.4, 0.5) is 0 Å². The number of carbonyl (C=O) groups is 1. The number of carbonyl (C=O) groups excluding carboxylic acids is 1. The minimum Gasteiger partial charge on any atom is -0.371 e. The van der Waals surface area contributed by atoms with E-state index in [4.69, 9.17) is 4.74 Å². The Kier molecular flexibility index (Phi) is 5.68. The number of hydrogen-bond acceptors (Lipinski definition) is 5. The molecule has 0 radical (unpaired) electrons. The van der Waals surface area contributed by atoms with Gasteiger partial charge in [0, 0.05) is 46.2 Å². The van der Waals surface area contributed by atoms with Crippen molar-refractivity contribution in [1.29, 1.82) is 0 Å². The van der Waals surface area contributed by atoms with Crippen molar-refractivity contribution in [2.75, 3.05) is 40.4 Å². The van der Waals surface area contributed by atoms with Gasteiger partial charge in [0.1, 0.15) is 12.3 Å². The van der Waals surface area contributed by atoms with Crippen molar-refractivity contribution < 1.29 is 9.53 Å². The van der Waals surface area contributed by atoms with Crippen molar-refractivity contribution in [3.05, 3.63) is 24.0 Å². The van der Waals surface area contributed by atoms with E-state index in [-0.39, 0.29) is 18.4 Å². The lowest BCUT2D eigenvalue weighted by molar-refractivity contribution is -0.133. The van der Waals surface area contributed by atoms with Crippen LogP contribution in [0, 0.1) is 0 Å². The standard InChI is InChI=1S/C15H25N5O2/c1-5-7-19-8-12(10-22-11-14(21)18(3)4)15-13(9-19)16-17-20(15)6-2/h5,12H,1,6-11H2,2-4H3/t12-/m0/s1. The van der Waals surface area contributed by atoms with E-state index in [1.807, 2.05) is 10.8 Å². The SMILES string of the molecule is C=CCN1Cc2nnn(CC)c2[C@H](COCC(=O)N(C)C)C1. The molecule has 7 heteroatoms. The summed E-state index contributed by atoms with van der Waals surface area (Å²) in [6.45, 7) is 9.70. The zero-order valence-corrected chi connectivity index (χ0v) is 13.7. The summed E-state index contributed by atoms with van der Waals surface area (Å²) in [5, 5.41) is 8.50. The molecule has 0 spiro atoms. The number of aryl methyl sites for hydroxylation is 1. The van der Waals surface area contributed by atoms with Gasteiger partial charge in [-0.3, -0.25) is 9.69 Å². The van der Waals surface area contributed by atoms with Crippen LogP contribution in [0.1, 0.15) is 24.2 Å². The van der Waals surface area contributed by atoms with Gasteiger partial charge in [0.25, 0.3) is 0 Å². The number of hydrogen-bond donors (Lipinski definition) is 0. The average Bonchev–Trinajstić information content (AvgIpc) is 2.90. The highest BCUT2D eigenvalue weighted by molar-refractivity contribution is 5.76. The third-order valence-electron chi connectivity index (χ3n) is 3.82. The van der Waals surface area contributed by atoms with E-state index in [1.54, 1.807) is 14.1 Å². The molecule has 1 aromatic rings. The van der Waals surface area contributed by atoms with Gasteiger partial charge in [-0.1, -0.05) is 11.3 Å². The van der Waals surface area contributed by atoms with Gasteiger partial charge in [-0.25, -0.2) is 4.68 Å². The maximum absolute atomic E-state index is 11.6. The lowest BCUT2D eigenvalue weighted by Gasteiger charge is -2.31. The Morgan fingerprint density at radius 3 is 2.95 bits per heavy atom. The van der Waals surface area contributed by atoms with Crippen molar-refractivity contribution in [1.82, 2.24) is 24.8 Å². The Morgan fingerprint density at radius 1 is 1.55 bits per heavy atom. The molecule has 122 valence electrons. The number of fused-ring (bicyclic) bond motifs is 1. The van der Waals surface area contributed by atoms with Crippen molar-refractivity contribution >= 4 is 5.91 Å². The predicted octanol–water partition coefficient (Wildman–Crippen LogP) is 0.488. The highest BCUT2D eigenvalue weighted by Gasteiger charge is 2.30. The monoisotopic (exact) mass is 307 g/mol. The highest BCUT2D eigenvalue weighted by Crippen LogP contribution is 2.27. The fourth-order valence-electron chi connectivity index (χ4n) is 2.69. The Hall–Kier alpha value is -1.73. The molecule has 0 N–H and O–H groups in total. The van der Waals surface area contributed by atoms with Crippen molar-refractivity contribution in [2.45, 2.75) is 25.9 Å². The van der Waals surface area contributed by atoms with E-state index in [9.17, 15) is 4.79 Å². The summed E-state index contributed by atoms with van der Waals surface area (Å²) >= 11 is 0. The quantitative estimate of drug-likeness (QED) is 0.686. The Bertz CT molecular complexity index is 526. The van der Waals surface area contributed by atoms with E-state index in [2.05, 4.69) is 28.7 Å². The number of rotatable bonds is 7. The summed E-state index contributed by atoms with van der Waals surface area (Å²) in [5.74, 6) is 0.148. The molecule has 0 bridgehead atoms. The summed E-state index contributed by atoms with van der Waals surface area (Å²) in [5.41, 5.74) is 2.14. The first-order valence-corrected chi connectivity index (χ1v) is 7.60. The zero-order chi connectivity index (χ0) is 16.1. The number of ether oxygens (including phenoxy) is 1. The van der Waals surface area contributed by atoms with Gasteiger partial charge in [0.05, 0.1) is 12.3 Å². The first kappa shape index (κ1) is 16.6. The normalized spacial score (nSPS) is 18.0.